The first kappa shape index (κ1) is 14.0. The van der Waals surface area contributed by atoms with Crippen LogP contribution in [0, 0.1) is 5.82 Å². The number of hydrogen-bond donors (Lipinski definition) is 0. The lowest BCUT2D eigenvalue weighted by molar-refractivity contribution is 0.0508. The number of rotatable bonds is 4. The van der Waals surface area contributed by atoms with Crippen molar-refractivity contribution < 1.29 is 22.7 Å². The lowest BCUT2D eigenvalue weighted by Crippen LogP contribution is -2.14. The van der Waals surface area contributed by atoms with Crippen molar-refractivity contribution in [2.45, 2.75) is 18.7 Å². The molecule has 3 nitrogen and oxygen atoms in total. The van der Waals surface area contributed by atoms with Gasteiger partial charge in [-0.15, -0.1) is 0 Å². The quantitative estimate of drug-likeness (QED) is 0.633. The van der Waals surface area contributed by atoms with E-state index in [4.69, 9.17) is 0 Å². The van der Waals surface area contributed by atoms with Crippen LogP contribution >= 0.6 is 15.9 Å². The van der Waals surface area contributed by atoms with Crippen LogP contribution in [-0.4, -0.2) is 17.6 Å². The number of ether oxygens (including phenoxy) is 1. The summed E-state index contributed by atoms with van der Waals surface area (Å²) in [6.07, 6.45) is -2.20. The Morgan fingerprint density at radius 3 is 2.71 bits per heavy atom. The highest BCUT2D eigenvalue weighted by molar-refractivity contribution is 9.08. The van der Waals surface area contributed by atoms with Gasteiger partial charge < -0.3 is 4.74 Å². The Morgan fingerprint density at radius 2 is 2.24 bits per heavy atom. The van der Waals surface area contributed by atoms with Gasteiger partial charge in [0.2, 0.25) is 0 Å². The van der Waals surface area contributed by atoms with Crippen molar-refractivity contribution >= 4 is 21.9 Å². The predicted octanol–water partition coefficient (Wildman–Crippen LogP) is 3.23. The van der Waals surface area contributed by atoms with Gasteiger partial charge in [0, 0.05) is 11.5 Å². The van der Waals surface area contributed by atoms with Gasteiger partial charge in [0.15, 0.2) is 5.82 Å². The number of halogens is 4. The highest BCUT2D eigenvalue weighted by atomic mass is 79.9. The first-order chi connectivity index (χ1) is 8.02. The largest absolute Gasteiger partial charge is 0.462 e. The molecule has 0 spiro atoms. The maximum absolute atomic E-state index is 13.7. The number of nitrogens with zero attached hydrogens (tertiary/aromatic N) is 1. The lowest BCUT2D eigenvalue weighted by Gasteiger charge is -2.10. The molecule has 0 aliphatic heterocycles. The fraction of sp³-hybridized carbons (Fsp3) is 0.400. The van der Waals surface area contributed by atoms with E-state index in [1.54, 1.807) is 0 Å². The van der Waals surface area contributed by atoms with Crippen LogP contribution in [0.25, 0.3) is 0 Å². The van der Waals surface area contributed by atoms with Gasteiger partial charge in [-0.2, -0.15) is 0 Å². The topological polar surface area (TPSA) is 39.2 Å². The molecule has 0 unspecified atom stereocenters. The maximum Gasteiger partial charge on any atom is 0.341 e. The Balaban J connectivity index is 3.34. The second kappa shape index (κ2) is 6.00. The highest BCUT2D eigenvalue weighted by Gasteiger charge is 2.26. The molecule has 0 aromatic carbocycles. The number of pyridine rings is 1. The molecule has 0 fully saturated rings. The Kier molecular flexibility index (Phi) is 4.92. The molecule has 1 aromatic rings. The molecule has 0 amide bonds. The monoisotopic (exact) mass is 311 g/mol. The molecule has 0 aliphatic rings. The minimum atomic E-state index is -2.99. The van der Waals surface area contributed by atoms with E-state index in [0.29, 0.717) is 0 Å². The van der Waals surface area contributed by atoms with E-state index >= 15 is 0 Å². The fourth-order valence-corrected chi connectivity index (χ4v) is 1.60. The van der Waals surface area contributed by atoms with Gasteiger partial charge in [-0.25, -0.2) is 18.0 Å². The van der Waals surface area contributed by atoms with Crippen molar-refractivity contribution in [1.82, 2.24) is 4.98 Å². The third-order valence-electron chi connectivity index (χ3n) is 1.96. The molecule has 0 saturated heterocycles. The first-order valence-corrected chi connectivity index (χ1v) is 5.83. The standard InChI is InChI=1S/C10H9BrF3NO2/c1-2-17-10(16)7-5(9(13)14)4-15-6(3-11)8(7)12/h4,9H,2-3H2,1H3. The Hall–Kier alpha value is -1.11. The molecule has 17 heavy (non-hydrogen) atoms. The summed E-state index contributed by atoms with van der Waals surface area (Å²) in [5.74, 6) is -2.18. The zero-order chi connectivity index (χ0) is 13.0. The van der Waals surface area contributed by atoms with Crippen molar-refractivity contribution in [2.75, 3.05) is 6.61 Å². The molecule has 0 aliphatic carbocycles. The summed E-state index contributed by atoms with van der Waals surface area (Å²) in [5, 5.41) is 0.0226. The molecule has 1 heterocycles. The molecule has 1 aromatic heterocycles. The van der Waals surface area contributed by atoms with Gasteiger partial charge in [-0.1, -0.05) is 15.9 Å². The summed E-state index contributed by atoms with van der Waals surface area (Å²) in [7, 11) is 0. The second-order valence-electron chi connectivity index (χ2n) is 3.00. The molecular weight excluding hydrogens is 303 g/mol. The Labute approximate surface area is 104 Å². The van der Waals surface area contributed by atoms with Gasteiger partial charge >= 0.3 is 5.97 Å². The minimum Gasteiger partial charge on any atom is -0.462 e. The minimum absolute atomic E-state index is 0.0209. The third kappa shape index (κ3) is 2.96. The summed E-state index contributed by atoms with van der Waals surface area (Å²) in [5.41, 5.74) is -1.62. The smallest absolute Gasteiger partial charge is 0.341 e. The van der Waals surface area contributed by atoms with Crippen molar-refractivity contribution in [3.63, 3.8) is 0 Å². The number of carbonyl (C=O) groups excluding carboxylic acids is 1. The Morgan fingerprint density at radius 1 is 1.59 bits per heavy atom. The zero-order valence-electron chi connectivity index (χ0n) is 8.84. The van der Waals surface area contributed by atoms with E-state index in [2.05, 4.69) is 25.7 Å². The number of carbonyl (C=O) groups is 1. The molecule has 0 atom stereocenters. The molecular formula is C10H9BrF3NO2. The average Bonchev–Trinajstić information content (AvgIpc) is 2.28. The number of esters is 1. The van der Waals surface area contributed by atoms with Gasteiger partial charge in [-0.3, -0.25) is 4.98 Å². The van der Waals surface area contributed by atoms with E-state index in [0.717, 1.165) is 6.20 Å². The van der Waals surface area contributed by atoms with Crippen LogP contribution in [0.15, 0.2) is 6.20 Å². The van der Waals surface area contributed by atoms with Gasteiger partial charge in [0.25, 0.3) is 6.43 Å². The van der Waals surface area contributed by atoms with E-state index in [1.807, 2.05) is 0 Å². The highest BCUT2D eigenvalue weighted by Crippen LogP contribution is 2.26. The van der Waals surface area contributed by atoms with Gasteiger partial charge in [-0.05, 0) is 6.92 Å². The third-order valence-corrected chi connectivity index (χ3v) is 2.49. The molecule has 0 saturated carbocycles. The number of alkyl halides is 3. The molecule has 7 heteroatoms. The van der Waals surface area contributed by atoms with Crippen LogP contribution in [-0.2, 0) is 10.1 Å². The van der Waals surface area contributed by atoms with Crippen molar-refractivity contribution in [1.29, 1.82) is 0 Å². The second-order valence-corrected chi connectivity index (χ2v) is 3.56. The first-order valence-electron chi connectivity index (χ1n) is 4.71. The van der Waals surface area contributed by atoms with Crippen molar-refractivity contribution in [2.24, 2.45) is 0 Å². The maximum atomic E-state index is 13.7. The molecule has 1 rings (SSSR count). The predicted molar refractivity (Wildman–Crippen MR) is 57.7 cm³/mol. The van der Waals surface area contributed by atoms with E-state index in [1.165, 1.54) is 6.92 Å². The Bertz CT molecular complexity index is 426. The van der Waals surface area contributed by atoms with E-state index in [9.17, 15) is 18.0 Å². The number of aromatic nitrogens is 1. The number of hydrogen-bond acceptors (Lipinski definition) is 3. The van der Waals surface area contributed by atoms with Crippen LogP contribution in [0.3, 0.4) is 0 Å². The van der Waals surface area contributed by atoms with Crippen LogP contribution < -0.4 is 0 Å². The summed E-state index contributed by atoms with van der Waals surface area (Å²) < 4.78 is 43.5. The fourth-order valence-electron chi connectivity index (χ4n) is 1.21. The van der Waals surface area contributed by atoms with Crippen LogP contribution in [0.2, 0.25) is 0 Å². The summed E-state index contributed by atoms with van der Waals surface area (Å²) in [4.78, 5) is 14.9. The molecule has 0 bridgehead atoms. The van der Waals surface area contributed by atoms with Crippen molar-refractivity contribution in [3.05, 3.63) is 28.8 Å². The summed E-state index contributed by atoms with van der Waals surface area (Å²) >= 11 is 2.95. The van der Waals surface area contributed by atoms with Crippen LogP contribution in [0.5, 0.6) is 0 Å². The summed E-state index contributed by atoms with van der Waals surface area (Å²) in [6.45, 7) is 1.48. The lowest BCUT2D eigenvalue weighted by atomic mass is 10.1. The van der Waals surface area contributed by atoms with E-state index in [-0.39, 0.29) is 17.6 Å². The average molecular weight is 312 g/mol. The molecule has 0 radical (unpaired) electrons. The van der Waals surface area contributed by atoms with Gasteiger partial charge in [0.05, 0.1) is 17.9 Å². The molecule has 0 N–H and O–H groups in total. The normalized spacial score (nSPS) is 10.7. The van der Waals surface area contributed by atoms with Crippen molar-refractivity contribution in [3.8, 4) is 0 Å². The summed E-state index contributed by atoms with van der Waals surface area (Å²) in [6, 6.07) is 0. The van der Waals surface area contributed by atoms with Crippen LogP contribution in [0.1, 0.15) is 35.0 Å². The molecule has 94 valence electrons. The van der Waals surface area contributed by atoms with E-state index < -0.39 is 29.3 Å². The van der Waals surface area contributed by atoms with Gasteiger partial charge in [0.1, 0.15) is 5.56 Å². The SMILES string of the molecule is CCOC(=O)c1c(C(F)F)cnc(CBr)c1F. The van der Waals surface area contributed by atoms with Crippen LogP contribution in [0.4, 0.5) is 13.2 Å². The zero-order valence-corrected chi connectivity index (χ0v) is 10.4.